The van der Waals surface area contributed by atoms with E-state index in [0.717, 1.165) is 38.6 Å². The number of nitrogens with zero attached hydrogens (tertiary/aromatic N) is 1. The third-order valence-corrected chi connectivity index (χ3v) is 5.41. The molecule has 0 aromatic heterocycles. The lowest BCUT2D eigenvalue weighted by Crippen LogP contribution is -2.59. The molecular formula is C15H30N2O. The van der Waals surface area contributed by atoms with Crippen molar-refractivity contribution in [3.05, 3.63) is 0 Å². The van der Waals surface area contributed by atoms with E-state index in [4.69, 9.17) is 10.5 Å². The monoisotopic (exact) mass is 254 g/mol. The first kappa shape index (κ1) is 14.3. The highest BCUT2D eigenvalue weighted by molar-refractivity contribution is 4.96. The first-order chi connectivity index (χ1) is 8.49. The molecule has 2 fully saturated rings. The van der Waals surface area contributed by atoms with E-state index in [1.165, 1.54) is 25.7 Å². The fourth-order valence-electron chi connectivity index (χ4n) is 3.61. The Morgan fingerprint density at radius 1 is 1.11 bits per heavy atom. The van der Waals surface area contributed by atoms with Gasteiger partial charge in [0, 0.05) is 31.3 Å². The molecule has 0 bridgehead atoms. The molecule has 0 unspecified atom stereocenters. The van der Waals surface area contributed by atoms with E-state index < -0.39 is 0 Å². The van der Waals surface area contributed by atoms with Crippen molar-refractivity contribution in [1.29, 1.82) is 0 Å². The van der Waals surface area contributed by atoms with Gasteiger partial charge in [-0.25, -0.2) is 0 Å². The van der Waals surface area contributed by atoms with Crippen LogP contribution in [-0.4, -0.2) is 43.3 Å². The number of ether oxygens (including phenoxy) is 1. The zero-order valence-electron chi connectivity index (χ0n) is 12.4. The maximum absolute atomic E-state index is 6.10. The summed E-state index contributed by atoms with van der Waals surface area (Å²) in [4.78, 5) is 2.60. The first-order valence-electron chi connectivity index (χ1n) is 7.50. The summed E-state index contributed by atoms with van der Waals surface area (Å²) in [6.45, 7) is 7.32. The van der Waals surface area contributed by atoms with Crippen molar-refractivity contribution in [2.24, 2.45) is 11.1 Å². The minimum Gasteiger partial charge on any atom is -0.381 e. The number of rotatable bonds is 3. The van der Waals surface area contributed by atoms with Gasteiger partial charge in [0.2, 0.25) is 0 Å². The zero-order valence-corrected chi connectivity index (χ0v) is 12.4. The molecule has 18 heavy (non-hydrogen) atoms. The second kappa shape index (κ2) is 5.48. The summed E-state index contributed by atoms with van der Waals surface area (Å²) in [5.74, 6) is 0. The summed E-state index contributed by atoms with van der Waals surface area (Å²) in [7, 11) is 2.29. The van der Waals surface area contributed by atoms with Crippen LogP contribution in [0.15, 0.2) is 0 Å². The molecule has 1 heterocycles. The van der Waals surface area contributed by atoms with Gasteiger partial charge in [0.25, 0.3) is 0 Å². The molecule has 2 rings (SSSR count). The standard InChI is InChI=1S/C15H30N2O/c1-14(2)6-4-13(5-7-14)17(3)15(12-16)8-10-18-11-9-15/h13H,4-12,16H2,1-3H3. The third kappa shape index (κ3) is 2.89. The van der Waals surface area contributed by atoms with Crippen LogP contribution in [0.25, 0.3) is 0 Å². The molecule has 3 nitrogen and oxygen atoms in total. The normalized spacial score (nSPS) is 28.5. The molecule has 1 saturated carbocycles. The number of hydrogen-bond acceptors (Lipinski definition) is 3. The highest BCUT2D eigenvalue weighted by Crippen LogP contribution is 2.39. The molecule has 1 aliphatic carbocycles. The van der Waals surface area contributed by atoms with Gasteiger partial charge in [-0.2, -0.15) is 0 Å². The van der Waals surface area contributed by atoms with E-state index in [2.05, 4.69) is 25.8 Å². The van der Waals surface area contributed by atoms with Gasteiger partial charge in [0.15, 0.2) is 0 Å². The van der Waals surface area contributed by atoms with Crippen LogP contribution in [-0.2, 0) is 4.74 Å². The molecular weight excluding hydrogens is 224 g/mol. The molecule has 1 saturated heterocycles. The van der Waals surface area contributed by atoms with Crippen LogP contribution in [0.2, 0.25) is 0 Å². The Balaban J connectivity index is 1.99. The molecule has 2 N–H and O–H groups in total. The lowest BCUT2D eigenvalue weighted by atomic mass is 9.74. The lowest BCUT2D eigenvalue weighted by Gasteiger charge is -2.50. The molecule has 2 aliphatic rings. The van der Waals surface area contributed by atoms with Crippen LogP contribution >= 0.6 is 0 Å². The van der Waals surface area contributed by atoms with Crippen molar-refractivity contribution in [3.63, 3.8) is 0 Å². The molecule has 3 heteroatoms. The topological polar surface area (TPSA) is 38.5 Å². The van der Waals surface area contributed by atoms with Crippen LogP contribution in [0.5, 0.6) is 0 Å². The van der Waals surface area contributed by atoms with Crippen molar-refractivity contribution in [1.82, 2.24) is 4.90 Å². The molecule has 0 aromatic rings. The van der Waals surface area contributed by atoms with Gasteiger partial charge in [0.1, 0.15) is 0 Å². The average molecular weight is 254 g/mol. The van der Waals surface area contributed by atoms with Crippen molar-refractivity contribution in [2.75, 3.05) is 26.8 Å². The van der Waals surface area contributed by atoms with Crippen LogP contribution in [0.4, 0.5) is 0 Å². The highest BCUT2D eigenvalue weighted by atomic mass is 16.5. The van der Waals surface area contributed by atoms with E-state index in [-0.39, 0.29) is 5.54 Å². The lowest BCUT2D eigenvalue weighted by molar-refractivity contribution is -0.0424. The van der Waals surface area contributed by atoms with E-state index in [9.17, 15) is 0 Å². The van der Waals surface area contributed by atoms with Gasteiger partial charge in [-0.05, 0) is 51.0 Å². The van der Waals surface area contributed by atoms with Crippen molar-refractivity contribution < 1.29 is 4.74 Å². The van der Waals surface area contributed by atoms with Crippen molar-refractivity contribution in [3.8, 4) is 0 Å². The van der Waals surface area contributed by atoms with E-state index in [1.807, 2.05) is 0 Å². The second-order valence-electron chi connectivity index (χ2n) is 7.05. The zero-order chi connectivity index (χ0) is 13.2. The molecule has 0 aromatic carbocycles. The van der Waals surface area contributed by atoms with Gasteiger partial charge in [-0.3, -0.25) is 4.90 Å². The van der Waals surface area contributed by atoms with E-state index in [1.54, 1.807) is 0 Å². The molecule has 1 aliphatic heterocycles. The van der Waals surface area contributed by atoms with Gasteiger partial charge in [-0.15, -0.1) is 0 Å². The number of hydrogen-bond donors (Lipinski definition) is 1. The highest BCUT2D eigenvalue weighted by Gasteiger charge is 2.40. The Hall–Kier alpha value is -0.120. The Bertz CT molecular complexity index is 262. The van der Waals surface area contributed by atoms with Crippen LogP contribution in [0.1, 0.15) is 52.4 Å². The Morgan fingerprint density at radius 3 is 2.17 bits per heavy atom. The SMILES string of the molecule is CN(C1CCC(C)(C)CC1)C1(CN)CCOCC1. The maximum atomic E-state index is 6.10. The van der Waals surface area contributed by atoms with Crippen molar-refractivity contribution >= 4 is 0 Å². The Labute approximate surface area is 112 Å². The van der Waals surface area contributed by atoms with Gasteiger partial charge in [-0.1, -0.05) is 13.8 Å². The van der Waals surface area contributed by atoms with Crippen molar-refractivity contribution in [2.45, 2.75) is 64.0 Å². The summed E-state index contributed by atoms with van der Waals surface area (Å²) in [6.07, 6.45) is 7.54. The Morgan fingerprint density at radius 2 is 1.67 bits per heavy atom. The summed E-state index contributed by atoms with van der Waals surface area (Å²) >= 11 is 0. The molecule has 0 radical (unpaired) electrons. The molecule has 106 valence electrons. The van der Waals surface area contributed by atoms with E-state index >= 15 is 0 Å². The van der Waals surface area contributed by atoms with Crippen LogP contribution in [0.3, 0.4) is 0 Å². The number of likely N-dealkylation sites (N-methyl/N-ethyl adjacent to an activating group) is 1. The van der Waals surface area contributed by atoms with Crippen LogP contribution < -0.4 is 5.73 Å². The summed E-state index contributed by atoms with van der Waals surface area (Å²) in [5.41, 5.74) is 6.85. The fraction of sp³-hybridized carbons (Fsp3) is 1.00. The second-order valence-corrected chi connectivity index (χ2v) is 7.05. The average Bonchev–Trinajstić information content (AvgIpc) is 2.39. The third-order valence-electron chi connectivity index (χ3n) is 5.41. The molecule has 0 spiro atoms. The van der Waals surface area contributed by atoms with Gasteiger partial charge in [0.05, 0.1) is 0 Å². The minimum atomic E-state index is 0.199. The first-order valence-corrected chi connectivity index (χ1v) is 7.50. The molecule has 0 atom stereocenters. The predicted molar refractivity (Wildman–Crippen MR) is 75.6 cm³/mol. The van der Waals surface area contributed by atoms with E-state index in [0.29, 0.717) is 5.41 Å². The van der Waals surface area contributed by atoms with Gasteiger partial charge >= 0.3 is 0 Å². The summed E-state index contributed by atoms with van der Waals surface area (Å²) in [6, 6.07) is 0.722. The summed E-state index contributed by atoms with van der Waals surface area (Å²) in [5, 5.41) is 0. The van der Waals surface area contributed by atoms with Crippen LogP contribution in [0, 0.1) is 5.41 Å². The number of nitrogens with two attached hydrogens (primary N) is 1. The maximum Gasteiger partial charge on any atom is 0.0484 e. The largest absolute Gasteiger partial charge is 0.381 e. The smallest absolute Gasteiger partial charge is 0.0484 e. The Kier molecular flexibility index (Phi) is 4.35. The minimum absolute atomic E-state index is 0.199. The fourth-order valence-corrected chi connectivity index (χ4v) is 3.61. The molecule has 0 amide bonds. The quantitative estimate of drug-likeness (QED) is 0.840. The predicted octanol–water partition coefficient (Wildman–Crippen LogP) is 2.39. The summed E-state index contributed by atoms with van der Waals surface area (Å²) < 4.78 is 5.51. The van der Waals surface area contributed by atoms with Gasteiger partial charge < -0.3 is 10.5 Å².